The summed E-state index contributed by atoms with van der Waals surface area (Å²) in [7, 11) is 6.87. The Labute approximate surface area is 178 Å². The van der Waals surface area contributed by atoms with E-state index in [1.807, 2.05) is 19.1 Å². The summed E-state index contributed by atoms with van der Waals surface area (Å²) >= 11 is 0. The Hall–Kier alpha value is -1.53. The lowest BCUT2D eigenvalue weighted by Crippen LogP contribution is -2.30. The van der Waals surface area contributed by atoms with Gasteiger partial charge in [0, 0.05) is 47.0 Å². The van der Waals surface area contributed by atoms with Crippen molar-refractivity contribution in [2.75, 3.05) is 28.4 Å². The van der Waals surface area contributed by atoms with Gasteiger partial charge in [0.2, 0.25) is 0 Å². The molecular weight excluding hydrogens is 366 g/mol. The first-order valence-electron chi connectivity index (χ1n) is 10.1. The second kappa shape index (κ2) is 16.3. The summed E-state index contributed by atoms with van der Waals surface area (Å²) < 4.78 is 22.6. The van der Waals surface area contributed by atoms with Gasteiger partial charge in [0.15, 0.2) is 0 Å². The summed E-state index contributed by atoms with van der Waals surface area (Å²) in [5, 5.41) is 0. The van der Waals surface area contributed by atoms with E-state index >= 15 is 0 Å². The third-order valence-corrected chi connectivity index (χ3v) is 5.06. The molecule has 0 aromatic carbocycles. The van der Waals surface area contributed by atoms with Crippen molar-refractivity contribution in [2.45, 2.75) is 70.4 Å². The fourth-order valence-corrected chi connectivity index (χ4v) is 3.12. The monoisotopic (exact) mass is 407 g/mol. The van der Waals surface area contributed by atoms with Crippen molar-refractivity contribution in [2.24, 2.45) is 4.99 Å². The fraction of sp³-hybridized carbons (Fsp3) is 0.625. The molecule has 0 heterocycles. The molecule has 5 heteroatoms. The normalized spacial score (nSPS) is 16.8. The second-order valence-corrected chi connectivity index (χ2v) is 7.30. The largest absolute Gasteiger partial charge is 0.381 e. The molecule has 0 aliphatic rings. The Bertz CT molecular complexity index is 553. The Morgan fingerprint density at radius 2 is 1.45 bits per heavy atom. The first-order chi connectivity index (χ1) is 13.8. The molecule has 0 fully saturated rings. The molecule has 29 heavy (non-hydrogen) atoms. The fourth-order valence-electron chi connectivity index (χ4n) is 3.12. The summed E-state index contributed by atoms with van der Waals surface area (Å²) in [6, 6.07) is 0. The second-order valence-electron chi connectivity index (χ2n) is 7.30. The van der Waals surface area contributed by atoms with E-state index in [9.17, 15) is 0 Å². The highest BCUT2D eigenvalue weighted by atomic mass is 16.5. The number of nitrogens with zero attached hydrogens (tertiary/aromatic N) is 1. The van der Waals surface area contributed by atoms with Gasteiger partial charge < -0.3 is 18.9 Å². The number of rotatable bonds is 17. The van der Waals surface area contributed by atoms with Gasteiger partial charge in [0.05, 0.1) is 24.4 Å². The topological polar surface area (TPSA) is 49.3 Å². The van der Waals surface area contributed by atoms with Crippen LogP contribution in [-0.4, -0.2) is 59.6 Å². The maximum atomic E-state index is 5.73. The third-order valence-electron chi connectivity index (χ3n) is 5.06. The first-order valence-corrected chi connectivity index (χ1v) is 10.1. The molecule has 5 nitrogen and oxygen atoms in total. The van der Waals surface area contributed by atoms with Gasteiger partial charge in [-0.1, -0.05) is 30.4 Å². The van der Waals surface area contributed by atoms with Crippen LogP contribution in [0.5, 0.6) is 0 Å². The van der Waals surface area contributed by atoms with Crippen LogP contribution in [0.4, 0.5) is 0 Å². The van der Waals surface area contributed by atoms with Crippen LogP contribution in [0.2, 0.25) is 0 Å². The molecule has 0 aliphatic carbocycles. The van der Waals surface area contributed by atoms with Gasteiger partial charge >= 0.3 is 0 Å². The van der Waals surface area contributed by atoms with E-state index in [2.05, 4.69) is 37.9 Å². The van der Waals surface area contributed by atoms with E-state index in [0.29, 0.717) is 6.42 Å². The summed E-state index contributed by atoms with van der Waals surface area (Å²) in [5.74, 6) is 0. The summed E-state index contributed by atoms with van der Waals surface area (Å²) in [6.45, 7) is 15.5. The number of methoxy groups -OCH3 is 4. The molecule has 4 unspecified atom stereocenters. The zero-order valence-corrected chi connectivity index (χ0v) is 19.3. The van der Waals surface area contributed by atoms with Crippen LogP contribution in [0.25, 0.3) is 0 Å². The highest BCUT2D eigenvalue weighted by molar-refractivity contribution is 5.29. The van der Waals surface area contributed by atoms with Crippen molar-refractivity contribution in [3.05, 3.63) is 48.2 Å². The van der Waals surface area contributed by atoms with E-state index in [1.54, 1.807) is 28.4 Å². The summed E-state index contributed by atoms with van der Waals surface area (Å²) in [4.78, 5) is 3.91. The first kappa shape index (κ1) is 27.5. The maximum Gasteiger partial charge on any atom is 0.0840 e. The van der Waals surface area contributed by atoms with Gasteiger partial charge in [0.1, 0.15) is 0 Å². The highest BCUT2D eigenvalue weighted by Crippen LogP contribution is 2.22. The van der Waals surface area contributed by atoms with Crippen molar-refractivity contribution < 1.29 is 18.9 Å². The maximum absolute atomic E-state index is 5.73. The molecule has 0 rings (SSSR count). The van der Waals surface area contributed by atoms with E-state index in [1.165, 1.54) is 5.57 Å². The molecule has 0 amide bonds. The molecule has 0 aromatic heterocycles. The number of ether oxygens (including phenoxy) is 4. The zero-order valence-electron chi connectivity index (χ0n) is 19.3. The lowest BCUT2D eigenvalue weighted by Gasteiger charge is -2.27. The van der Waals surface area contributed by atoms with Gasteiger partial charge in [-0.25, -0.2) is 0 Å². The molecule has 0 N–H and O–H groups in total. The van der Waals surface area contributed by atoms with Crippen molar-refractivity contribution in [3.8, 4) is 0 Å². The molecule has 0 radical (unpaired) electrons. The van der Waals surface area contributed by atoms with E-state index in [-0.39, 0.29) is 24.4 Å². The quantitative estimate of drug-likeness (QED) is 0.187. The Kier molecular flexibility index (Phi) is 15.4. The SMILES string of the molecule is C=CCC(CC(CC(CC(OC)C(=C)C=C(C)CC=C(C)N=C)OC)OC)OC. The smallest absolute Gasteiger partial charge is 0.0840 e. The molecule has 0 spiro atoms. The van der Waals surface area contributed by atoms with Crippen molar-refractivity contribution in [1.29, 1.82) is 0 Å². The average Bonchev–Trinajstić information content (AvgIpc) is 2.73. The Morgan fingerprint density at radius 1 is 0.897 bits per heavy atom. The number of aliphatic imine (C=N–C) groups is 1. The minimum Gasteiger partial charge on any atom is -0.381 e. The minimum absolute atomic E-state index is 0.0105. The van der Waals surface area contributed by atoms with Gasteiger partial charge in [-0.05, 0) is 45.4 Å². The van der Waals surface area contributed by atoms with Crippen LogP contribution in [0, 0.1) is 0 Å². The van der Waals surface area contributed by atoms with Crippen LogP contribution in [-0.2, 0) is 18.9 Å². The van der Waals surface area contributed by atoms with E-state index in [0.717, 1.165) is 37.0 Å². The van der Waals surface area contributed by atoms with E-state index in [4.69, 9.17) is 18.9 Å². The van der Waals surface area contributed by atoms with Crippen LogP contribution in [0.15, 0.2) is 53.2 Å². The number of allylic oxidation sites excluding steroid dienone is 3. The van der Waals surface area contributed by atoms with Gasteiger partial charge in [-0.15, -0.1) is 6.58 Å². The van der Waals surface area contributed by atoms with Crippen molar-refractivity contribution >= 4 is 6.72 Å². The molecule has 0 saturated carbocycles. The molecule has 0 bridgehead atoms. The zero-order chi connectivity index (χ0) is 22.2. The predicted octanol–water partition coefficient (Wildman–Crippen LogP) is 5.29. The predicted molar refractivity (Wildman–Crippen MR) is 123 cm³/mol. The average molecular weight is 408 g/mol. The number of hydrogen-bond acceptors (Lipinski definition) is 5. The molecule has 4 atom stereocenters. The third kappa shape index (κ3) is 11.9. The minimum atomic E-state index is -0.124. The van der Waals surface area contributed by atoms with Crippen LogP contribution < -0.4 is 0 Å². The van der Waals surface area contributed by atoms with Crippen molar-refractivity contribution in [1.82, 2.24) is 0 Å². The number of hydrogen-bond donors (Lipinski definition) is 0. The van der Waals surface area contributed by atoms with Gasteiger partial charge in [-0.2, -0.15) is 0 Å². The lowest BCUT2D eigenvalue weighted by atomic mass is 9.96. The van der Waals surface area contributed by atoms with E-state index < -0.39 is 0 Å². The highest BCUT2D eigenvalue weighted by Gasteiger charge is 2.23. The molecule has 166 valence electrons. The standard InChI is InChI=1S/C24H41NO4/c1-10-11-21(26-6)15-22(27-7)16-23(28-8)17-24(29-9)19(3)14-18(2)12-13-20(4)25-5/h10,13-14,21-24H,1,3,5,11-12,15-17H2,2,4,6-9H3. The Balaban J connectivity index is 4.96. The lowest BCUT2D eigenvalue weighted by molar-refractivity contribution is -0.0259. The van der Waals surface area contributed by atoms with Gasteiger partial charge in [-0.3, -0.25) is 4.99 Å². The van der Waals surface area contributed by atoms with Crippen molar-refractivity contribution in [3.63, 3.8) is 0 Å². The summed E-state index contributed by atoms with van der Waals surface area (Å²) in [5.41, 5.74) is 3.04. The van der Waals surface area contributed by atoms with Crippen LogP contribution in [0.1, 0.15) is 46.0 Å². The molecule has 0 aliphatic heterocycles. The Morgan fingerprint density at radius 3 is 1.93 bits per heavy atom. The summed E-state index contributed by atoms with van der Waals surface area (Å²) in [6.07, 6.45) is 9.84. The van der Waals surface area contributed by atoms with Gasteiger partial charge in [0.25, 0.3) is 0 Å². The van der Waals surface area contributed by atoms with Crippen LogP contribution in [0.3, 0.4) is 0 Å². The van der Waals surface area contributed by atoms with Crippen LogP contribution >= 0.6 is 0 Å². The molecule has 0 saturated heterocycles. The molecule has 0 aromatic rings. The molecular formula is C24H41NO4.